The molecule has 6 nitrogen and oxygen atoms in total. The van der Waals surface area contributed by atoms with Crippen molar-refractivity contribution in [2.45, 2.75) is 5.22 Å². The molecule has 0 unspecified atom stereocenters. The largest absolute Gasteiger partial charge is 0.457 e. The Kier molecular flexibility index (Phi) is 6.32. The van der Waals surface area contributed by atoms with Crippen molar-refractivity contribution in [3.63, 3.8) is 0 Å². The number of nitrogens with one attached hydrogen (secondary N) is 1. The van der Waals surface area contributed by atoms with Crippen LogP contribution in [0.1, 0.15) is 0 Å². The number of rotatable bonds is 7. The molecule has 1 aromatic heterocycles. The lowest BCUT2D eigenvalue weighted by molar-refractivity contribution is -0.113. The summed E-state index contributed by atoms with van der Waals surface area (Å²) in [5, 5.41) is 11.6. The summed E-state index contributed by atoms with van der Waals surface area (Å²) in [6, 6.07) is 23.8. The van der Waals surface area contributed by atoms with Crippen LogP contribution in [-0.2, 0) is 4.79 Å². The lowest BCUT2D eigenvalue weighted by atomic mass is 10.2. The molecule has 1 N–H and O–H groups in total. The number of benzene rings is 3. The van der Waals surface area contributed by atoms with E-state index in [1.54, 1.807) is 36.4 Å². The monoisotopic (exact) mass is 437 g/mol. The second-order valence-electron chi connectivity index (χ2n) is 6.13. The summed E-state index contributed by atoms with van der Waals surface area (Å²) in [7, 11) is 0. The van der Waals surface area contributed by atoms with E-state index in [0.29, 0.717) is 33.1 Å². The van der Waals surface area contributed by atoms with Crippen LogP contribution in [0, 0.1) is 0 Å². The first kappa shape index (κ1) is 20.0. The van der Waals surface area contributed by atoms with E-state index in [0.717, 1.165) is 17.5 Å². The van der Waals surface area contributed by atoms with Crippen LogP contribution in [0.2, 0.25) is 5.02 Å². The van der Waals surface area contributed by atoms with Crippen molar-refractivity contribution in [1.29, 1.82) is 0 Å². The van der Waals surface area contributed by atoms with E-state index in [4.69, 9.17) is 20.8 Å². The third-order valence-corrected chi connectivity index (χ3v) is 5.10. The second-order valence-corrected chi connectivity index (χ2v) is 7.46. The van der Waals surface area contributed by atoms with Crippen molar-refractivity contribution >= 4 is 35.0 Å². The van der Waals surface area contributed by atoms with Gasteiger partial charge in [-0.25, -0.2) is 0 Å². The molecule has 4 aromatic rings. The number of hydrogen-bond donors (Lipinski definition) is 1. The summed E-state index contributed by atoms with van der Waals surface area (Å²) in [6.07, 6.45) is 0. The Morgan fingerprint density at radius 3 is 2.40 bits per heavy atom. The molecule has 1 heterocycles. The lowest BCUT2D eigenvalue weighted by Crippen LogP contribution is -2.13. The van der Waals surface area contributed by atoms with Gasteiger partial charge < -0.3 is 14.5 Å². The van der Waals surface area contributed by atoms with E-state index in [1.807, 2.05) is 42.5 Å². The predicted molar refractivity (Wildman–Crippen MR) is 117 cm³/mol. The first-order chi connectivity index (χ1) is 14.7. The van der Waals surface area contributed by atoms with Gasteiger partial charge in [-0.3, -0.25) is 4.79 Å². The molecule has 0 spiro atoms. The Bertz CT molecular complexity index is 1130. The van der Waals surface area contributed by atoms with Crippen molar-refractivity contribution in [3.8, 4) is 23.0 Å². The Hall–Kier alpha value is -3.29. The van der Waals surface area contributed by atoms with E-state index in [2.05, 4.69) is 15.5 Å². The van der Waals surface area contributed by atoms with Crippen molar-refractivity contribution in [2.24, 2.45) is 0 Å². The maximum atomic E-state index is 12.2. The highest BCUT2D eigenvalue weighted by Gasteiger charge is 2.13. The molecule has 4 rings (SSSR count). The zero-order chi connectivity index (χ0) is 20.8. The SMILES string of the molecule is O=C(CSc1nnc(-c2ccccc2Cl)o1)Nc1ccc(Oc2ccccc2)cc1. The number of aromatic nitrogens is 2. The molecule has 0 atom stereocenters. The molecule has 0 aliphatic rings. The number of amides is 1. The molecule has 0 radical (unpaired) electrons. The van der Waals surface area contributed by atoms with Gasteiger partial charge in [-0.05, 0) is 48.5 Å². The van der Waals surface area contributed by atoms with Gasteiger partial charge in [-0.1, -0.05) is 53.7 Å². The Morgan fingerprint density at radius 1 is 0.933 bits per heavy atom. The highest BCUT2D eigenvalue weighted by molar-refractivity contribution is 7.99. The summed E-state index contributed by atoms with van der Waals surface area (Å²) in [6.45, 7) is 0. The van der Waals surface area contributed by atoms with Gasteiger partial charge in [-0.2, -0.15) is 0 Å². The zero-order valence-corrected chi connectivity index (χ0v) is 17.2. The zero-order valence-electron chi connectivity index (χ0n) is 15.6. The average molecular weight is 438 g/mol. The van der Waals surface area contributed by atoms with Crippen LogP contribution in [0.25, 0.3) is 11.5 Å². The van der Waals surface area contributed by atoms with E-state index in [-0.39, 0.29) is 11.7 Å². The number of carbonyl (C=O) groups is 1. The summed E-state index contributed by atoms with van der Waals surface area (Å²) < 4.78 is 11.3. The number of nitrogens with zero attached hydrogens (tertiary/aromatic N) is 2. The standard InChI is InChI=1S/C22H16ClN3O3S/c23-19-9-5-4-8-18(19)21-25-26-22(29-21)30-14-20(27)24-15-10-12-17(13-11-15)28-16-6-2-1-3-7-16/h1-13H,14H2,(H,24,27). The number of hydrogen-bond acceptors (Lipinski definition) is 6. The molecule has 0 fully saturated rings. The first-order valence-corrected chi connectivity index (χ1v) is 10.4. The maximum absolute atomic E-state index is 12.2. The van der Waals surface area contributed by atoms with E-state index in [9.17, 15) is 4.79 Å². The minimum absolute atomic E-state index is 0.131. The minimum Gasteiger partial charge on any atom is -0.457 e. The van der Waals surface area contributed by atoms with Gasteiger partial charge in [0.25, 0.3) is 5.22 Å². The average Bonchev–Trinajstić information content (AvgIpc) is 3.24. The number of anilines is 1. The van der Waals surface area contributed by atoms with Crippen molar-refractivity contribution in [3.05, 3.63) is 83.9 Å². The maximum Gasteiger partial charge on any atom is 0.277 e. The molecule has 8 heteroatoms. The van der Waals surface area contributed by atoms with Gasteiger partial charge in [-0.15, -0.1) is 10.2 Å². The first-order valence-electron chi connectivity index (χ1n) is 9.01. The van der Waals surface area contributed by atoms with Gasteiger partial charge in [0.2, 0.25) is 11.8 Å². The van der Waals surface area contributed by atoms with Gasteiger partial charge in [0, 0.05) is 5.69 Å². The quantitative estimate of drug-likeness (QED) is 0.362. The number of carbonyl (C=O) groups excluding carboxylic acids is 1. The number of ether oxygens (including phenoxy) is 1. The molecule has 150 valence electrons. The summed E-state index contributed by atoms with van der Waals surface area (Å²) in [4.78, 5) is 12.2. The fourth-order valence-electron chi connectivity index (χ4n) is 2.57. The molecule has 3 aromatic carbocycles. The van der Waals surface area contributed by atoms with Crippen LogP contribution in [0.5, 0.6) is 11.5 Å². The molecule has 0 bridgehead atoms. The third-order valence-electron chi connectivity index (χ3n) is 3.95. The van der Waals surface area contributed by atoms with Crippen LogP contribution >= 0.6 is 23.4 Å². The second kappa shape index (κ2) is 9.47. The number of para-hydroxylation sites is 1. The molecule has 30 heavy (non-hydrogen) atoms. The fourth-order valence-corrected chi connectivity index (χ4v) is 3.35. The third kappa shape index (κ3) is 5.20. The Morgan fingerprint density at radius 2 is 1.63 bits per heavy atom. The van der Waals surface area contributed by atoms with Crippen LogP contribution in [0.4, 0.5) is 5.69 Å². The topological polar surface area (TPSA) is 77.2 Å². The van der Waals surface area contributed by atoms with E-state index < -0.39 is 0 Å². The molecule has 0 saturated heterocycles. The van der Waals surface area contributed by atoms with Crippen LogP contribution in [0.15, 0.2) is 88.5 Å². The highest BCUT2D eigenvalue weighted by atomic mass is 35.5. The van der Waals surface area contributed by atoms with Crippen LogP contribution < -0.4 is 10.1 Å². The predicted octanol–water partition coefficient (Wildman–Crippen LogP) is 5.91. The van der Waals surface area contributed by atoms with Crippen molar-refractivity contribution in [2.75, 3.05) is 11.1 Å². The highest BCUT2D eigenvalue weighted by Crippen LogP contribution is 2.29. The van der Waals surface area contributed by atoms with Crippen LogP contribution in [-0.4, -0.2) is 21.9 Å². The van der Waals surface area contributed by atoms with E-state index in [1.165, 1.54) is 0 Å². The lowest BCUT2D eigenvalue weighted by Gasteiger charge is -2.07. The van der Waals surface area contributed by atoms with Crippen LogP contribution in [0.3, 0.4) is 0 Å². The van der Waals surface area contributed by atoms with Gasteiger partial charge in [0.15, 0.2) is 0 Å². The van der Waals surface area contributed by atoms with Crippen molar-refractivity contribution in [1.82, 2.24) is 10.2 Å². The van der Waals surface area contributed by atoms with E-state index >= 15 is 0 Å². The number of halogens is 1. The molecule has 0 saturated carbocycles. The number of thioether (sulfide) groups is 1. The van der Waals surface area contributed by atoms with Gasteiger partial charge >= 0.3 is 0 Å². The Labute approximate surface area is 182 Å². The molecule has 0 aliphatic carbocycles. The smallest absolute Gasteiger partial charge is 0.277 e. The summed E-state index contributed by atoms with van der Waals surface area (Å²) in [5.41, 5.74) is 1.32. The molecular weight excluding hydrogens is 422 g/mol. The summed E-state index contributed by atoms with van der Waals surface area (Å²) >= 11 is 7.29. The molecule has 0 aliphatic heterocycles. The minimum atomic E-state index is -0.186. The summed E-state index contributed by atoms with van der Waals surface area (Å²) in [5.74, 6) is 1.70. The Balaban J connectivity index is 1.29. The van der Waals surface area contributed by atoms with Gasteiger partial charge in [0.05, 0.1) is 16.3 Å². The van der Waals surface area contributed by atoms with Gasteiger partial charge in [0.1, 0.15) is 11.5 Å². The normalized spacial score (nSPS) is 10.6. The fraction of sp³-hybridized carbons (Fsp3) is 0.0455. The van der Waals surface area contributed by atoms with Crippen molar-refractivity contribution < 1.29 is 13.9 Å². The molecular formula is C22H16ClN3O3S. The molecule has 1 amide bonds.